The summed E-state index contributed by atoms with van der Waals surface area (Å²) in [6.45, 7) is 0. The first kappa shape index (κ1) is 24.5. The maximum Gasteiger partial charge on any atom is 0.135 e. The van der Waals surface area contributed by atoms with Gasteiger partial charge >= 0.3 is 0 Å². The van der Waals surface area contributed by atoms with Crippen LogP contribution in [-0.4, -0.2) is 0 Å². The van der Waals surface area contributed by atoms with Crippen molar-refractivity contribution in [2.75, 3.05) is 0 Å². The third kappa shape index (κ3) is 3.62. The largest absolute Gasteiger partial charge is 0.456 e. The lowest BCUT2D eigenvalue weighted by Crippen LogP contribution is -1.97. The van der Waals surface area contributed by atoms with Crippen molar-refractivity contribution in [1.29, 1.82) is 0 Å². The van der Waals surface area contributed by atoms with E-state index in [0.717, 1.165) is 17.1 Å². The second-order valence-electron chi connectivity index (χ2n) is 12.1. The van der Waals surface area contributed by atoms with Gasteiger partial charge in [-0.05, 0) is 107 Å². The molecule has 1 nitrogen and oxygen atoms in total. The van der Waals surface area contributed by atoms with Crippen molar-refractivity contribution in [1.82, 2.24) is 0 Å². The summed E-state index contributed by atoms with van der Waals surface area (Å²) in [6, 6.07) is 57.4. The minimum absolute atomic E-state index is 0.910. The van der Waals surface area contributed by atoms with Crippen molar-refractivity contribution in [3.8, 4) is 56.0 Å². The average Bonchev–Trinajstić information content (AvgIpc) is 3.11. The monoisotopic (exact) mass is 570 g/mol. The highest BCUT2D eigenvalue weighted by Crippen LogP contribution is 2.48. The molecule has 0 unspecified atom stereocenters. The normalized spacial score (nSPS) is 12.2. The Kier molecular flexibility index (Phi) is 5.06. The molecule has 0 saturated carbocycles. The molecule has 0 N–H and O–H groups in total. The van der Waals surface area contributed by atoms with E-state index in [9.17, 15) is 0 Å². The molecule has 9 aromatic carbocycles. The van der Waals surface area contributed by atoms with Gasteiger partial charge in [-0.2, -0.15) is 0 Å². The minimum Gasteiger partial charge on any atom is -0.456 e. The van der Waals surface area contributed by atoms with E-state index in [1.165, 1.54) is 82.0 Å². The maximum atomic E-state index is 6.29. The summed E-state index contributed by atoms with van der Waals surface area (Å²) in [5.74, 6) is 1.83. The highest BCUT2D eigenvalue weighted by molar-refractivity contribution is 6.27. The van der Waals surface area contributed by atoms with Crippen molar-refractivity contribution in [2.45, 2.75) is 0 Å². The standard InChI is InChI=1S/C44H26O/c1-2-8-27(9-3-1)34-20-16-28-19-23-38-35(21-17-29-18-22-37(34)43(28)44(29)38)31-11-6-10-30(24-31)33-25-32-12-7-15-41-42(32)39(26-33)36-13-4-5-14-40(36)45-41/h1-26H. The summed E-state index contributed by atoms with van der Waals surface area (Å²) < 4.78 is 6.29. The Labute approximate surface area is 260 Å². The van der Waals surface area contributed by atoms with Gasteiger partial charge < -0.3 is 4.74 Å². The van der Waals surface area contributed by atoms with E-state index in [0.29, 0.717) is 0 Å². The predicted octanol–water partition coefficient (Wildman–Crippen LogP) is 12.5. The summed E-state index contributed by atoms with van der Waals surface area (Å²) in [6.07, 6.45) is 0. The van der Waals surface area contributed by atoms with Crippen molar-refractivity contribution in [3.63, 3.8) is 0 Å². The van der Waals surface area contributed by atoms with Gasteiger partial charge in [0.25, 0.3) is 0 Å². The number of para-hydroxylation sites is 1. The third-order valence-electron chi connectivity index (χ3n) is 9.59. The molecule has 0 amide bonds. The van der Waals surface area contributed by atoms with Crippen LogP contribution in [0.2, 0.25) is 0 Å². The fourth-order valence-electron chi connectivity index (χ4n) is 7.54. The van der Waals surface area contributed by atoms with Crippen LogP contribution in [0.4, 0.5) is 0 Å². The van der Waals surface area contributed by atoms with Crippen molar-refractivity contribution in [2.24, 2.45) is 0 Å². The van der Waals surface area contributed by atoms with Gasteiger partial charge in [-0.15, -0.1) is 0 Å². The molecular formula is C44H26O. The second-order valence-corrected chi connectivity index (χ2v) is 12.1. The summed E-state index contributed by atoms with van der Waals surface area (Å²) in [5.41, 5.74) is 9.78. The first-order chi connectivity index (χ1) is 22.3. The molecule has 0 aliphatic carbocycles. The van der Waals surface area contributed by atoms with E-state index < -0.39 is 0 Å². The molecule has 0 bridgehead atoms. The van der Waals surface area contributed by atoms with Crippen LogP contribution in [0.3, 0.4) is 0 Å². The highest BCUT2D eigenvalue weighted by atomic mass is 16.5. The number of fused-ring (bicyclic) bond motifs is 2. The van der Waals surface area contributed by atoms with Gasteiger partial charge in [0.2, 0.25) is 0 Å². The van der Waals surface area contributed by atoms with Gasteiger partial charge in [0, 0.05) is 10.9 Å². The van der Waals surface area contributed by atoms with Crippen molar-refractivity contribution >= 4 is 43.1 Å². The van der Waals surface area contributed by atoms with Crippen LogP contribution in [0.15, 0.2) is 158 Å². The summed E-state index contributed by atoms with van der Waals surface area (Å²) >= 11 is 0. The molecule has 1 heteroatoms. The molecule has 0 fully saturated rings. The number of hydrogen-bond donors (Lipinski definition) is 0. The fraction of sp³-hybridized carbons (Fsp3) is 0. The van der Waals surface area contributed by atoms with E-state index >= 15 is 0 Å². The smallest absolute Gasteiger partial charge is 0.135 e. The minimum atomic E-state index is 0.910. The second kappa shape index (κ2) is 9.29. The molecule has 1 heterocycles. The van der Waals surface area contributed by atoms with Crippen molar-refractivity contribution < 1.29 is 4.74 Å². The van der Waals surface area contributed by atoms with Gasteiger partial charge in [-0.3, -0.25) is 0 Å². The Balaban J connectivity index is 1.17. The van der Waals surface area contributed by atoms with Crippen LogP contribution in [0.25, 0.3) is 87.6 Å². The SMILES string of the molecule is c1ccc(-c2ccc3ccc4c(-c5cccc(-c6cc7c8c(cccc8c6)Oc6ccccc6-7)c5)ccc5ccc2c3c54)cc1. The van der Waals surface area contributed by atoms with Gasteiger partial charge in [0.1, 0.15) is 11.5 Å². The Morgan fingerprint density at radius 3 is 1.71 bits per heavy atom. The average molecular weight is 571 g/mol. The summed E-state index contributed by atoms with van der Waals surface area (Å²) in [4.78, 5) is 0. The number of ether oxygens (including phenoxy) is 1. The molecule has 0 radical (unpaired) electrons. The van der Waals surface area contributed by atoms with E-state index in [1.807, 2.05) is 6.07 Å². The summed E-state index contributed by atoms with van der Waals surface area (Å²) in [5, 5.41) is 10.2. The van der Waals surface area contributed by atoms with E-state index in [2.05, 4.69) is 152 Å². The van der Waals surface area contributed by atoms with Crippen LogP contribution in [0.5, 0.6) is 11.5 Å². The predicted molar refractivity (Wildman–Crippen MR) is 189 cm³/mol. The van der Waals surface area contributed by atoms with Crippen LogP contribution in [0, 0.1) is 0 Å². The highest BCUT2D eigenvalue weighted by Gasteiger charge is 2.21. The summed E-state index contributed by atoms with van der Waals surface area (Å²) in [7, 11) is 0. The lowest BCUT2D eigenvalue weighted by Gasteiger charge is -2.22. The first-order valence-corrected chi connectivity index (χ1v) is 15.5. The van der Waals surface area contributed by atoms with Crippen LogP contribution in [-0.2, 0) is 0 Å². The zero-order valence-corrected chi connectivity index (χ0v) is 24.4. The molecule has 45 heavy (non-hydrogen) atoms. The van der Waals surface area contributed by atoms with Gasteiger partial charge in [-0.1, -0.05) is 127 Å². The molecule has 208 valence electrons. The van der Waals surface area contributed by atoms with Crippen LogP contribution >= 0.6 is 0 Å². The Morgan fingerprint density at radius 2 is 0.911 bits per heavy atom. The van der Waals surface area contributed by atoms with Crippen LogP contribution in [0.1, 0.15) is 0 Å². The fourth-order valence-corrected chi connectivity index (χ4v) is 7.54. The lowest BCUT2D eigenvalue weighted by molar-refractivity contribution is 0.487. The van der Waals surface area contributed by atoms with Gasteiger partial charge in [0.15, 0.2) is 0 Å². The first-order valence-electron chi connectivity index (χ1n) is 15.5. The number of benzene rings is 9. The molecule has 1 aliphatic heterocycles. The Hall–Kier alpha value is -5.92. The molecule has 10 rings (SSSR count). The maximum absolute atomic E-state index is 6.29. The zero-order chi connectivity index (χ0) is 29.5. The Bertz CT molecular complexity index is 2610. The topological polar surface area (TPSA) is 9.23 Å². The molecule has 0 aromatic heterocycles. The van der Waals surface area contributed by atoms with Gasteiger partial charge in [-0.25, -0.2) is 0 Å². The van der Waals surface area contributed by atoms with E-state index in [4.69, 9.17) is 4.74 Å². The quantitative estimate of drug-likeness (QED) is 0.192. The van der Waals surface area contributed by atoms with E-state index in [1.54, 1.807) is 0 Å². The molecular weight excluding hydrogens is 544 g/mol. The zero-order valence-electron chi connectivity index (χ0n) is 24.4. The molecule has 0 atom stereocenters. The number of hydrogen-bond acceptors (Lipinski definition) is 1. The molecule has 0 spiro atoms. The molecule has 9 aromatic rings. The Morgan fingerprint density at radius 1 is 0.289 bits per heavy atom. The molecule has 1 aliphatic rings. The van der Waals surface area contributed by atoms with Crippen LogP contribution < -0.4 is 4.74 Å². The van der Waals surface area contributed by atoms with Gasteiger partial charge in [0.05, 0.1) is 0 Å². The molecule has 0 saturated heterocycles. The van der Waals surface area contributed by atoms with E-state index in [-0.39, 0.29) is 0 Å². The van der Waals surface area contributed by atoms with Crippen molar-refractivity contribution in [3.05, 3.63) is 158 Å². The lowest BCUT2D eigenvalue weighted by atomic mass is 9.86. The number of rotatable bonds is 3. The third-order valence-corrected chi connectivity index (χ3v) is 9.59.